The van der Waals surface area contributed by atoms with E-state index in [2.05, 4.69) is 4.74 Å². The molecule has 0 saturated carbocycles. The number of nitrogens with two attached hydrogens (primary N) is 1. The number of methoxy groups -OCH3 is 2. The van der Waals surface area contributed by atoms with Crippen molar-refractivity contribution < 1.29 is 14.3 Å². The summed E-state index contributed by atoms with van der Waals surface area (Å²) in [4.78, 5) is 10.9. The van der Waals surface area contributed by atoms with Crippen LogP contribution in [0, 0.1) is 0 Å². The molecule has 1 aromatic rings. The van der Waals surface area contributed by atoms with E-state index in [0.717, 1.165) is 31.3 Å². The predicted molar refractivity (Wildman–Crippen MR) is 71.3 cm³/mol. The number of ether oxygens (including phenoxy) is 2. The van der Waals surface area contributed by atoms with Gasteiger partial charge in [0.25, 0.3) is 0 Å². The molecule has 4 nitrogen and oxygen atoms in total. The summed E-state index contributed by atoms with van der Waals surface area (Å²) < 4.78 is 9.67. The molecule has 0 saturated heterocycles. The fourth-order valence-electron chi connectivity index (χ4n) is 2.04. The highest BCUT2D eigenvalue weighted by Crippen LogP contribution is 2.30. The molecule has 1 aliphatic carbocycles. The van der Waals surface area contributed by atoms with Crippen LogP contribution in [0.5, 0.6) is 5.75 Å². The average molecular weight is 251 g/mol. The first-order valence-electron chi connectivity index (χ1n) is 6.06. The van der Waals surface area contributed by atoms with E-state index in [0.29, 0.717) is 11.3 Å². The van der Waals surface area contributed by atoms with Crippen molar-refractivity contribution in [3.63, 3.8) is 0 Å². The number of rotatable bonds is 3. The lowest BCUT2D eigenvalue weighted by molar-refractivity contribution is 0.112. The minimum atomic E-state index is 0.149. The molecule has 0 spiro atoms. The molecule has 18 heavy (non-hydrogen) atoms. The molecule has 0 heterocycles. The third kappa shape index (κ3) is 3.31. The zero-order chi connectivity index (χ0) is 13.5. The Bertz CT molecular complexity index is 402. The van der Waals surface area contributed by atoms with Crippen LogP contribution in [0.1, 0.15) is 28.4 Å². The van der Waals surface area contributed by atoms with Crippen LogP contribution in [0.4, 0.5) is 0 Å². The number of carbonyl (C=O) groups is 1. The SMILES string of the molecule is CCOC.COc1ccc2c(c1C=O)CC(N)C2. The first-order chi connectivity index (χ1) is 8.67. The fourth-order valence-corrected chi connectivity index (χ4v) is 2.04. The first-order valence-corrected chi connectivity index (χ1v) is 6.06. The highest BCUT2D eigenvalue weighted by Gasteiger charge is 2.22. The molecule has 100 valence electrons. The average Bonchev–Trinajstić information content (AvgIpc) is 2.77. The van der Waals surface area contributed by atoms with Crippen molar-refractivity contribution in [1.82, 2.24) is 0 Å². The second-order valence-corrected chi connectivity index (χ2v) is 4.18. The second kappa shape index (κ2) is 7.13. The molecule has 1 unspecified atom stereocenters. The molecule has 2 N–H and O–H groups in total. The minimum Gasteiger partial charge on any atom is -0.496 e. The van der Waals surface area contributed by atoms with Crippen LogP contribution in [-0.4, -0.2) is 33.2 Å². The van der Waals surface area contributed by atoms with Gasteiger partial charge in [-0.3, -0.25) is 4.79 Å². The van der Waals surface area contributed by atoms with Crippen LogP contribution in [-0.2, 0) is 17.6 Å². The zero-order valence-electron chi connectivity index (χ0n) is 11.2. The molecule has 1 aromatic carbocycles. The Morgan fingerprint density at radius 2 is 2.06 bits per heavy atom. The lowest BCUT2D eigenvalue weighted by Gasteiger charge is -2.07. The Labute approximate surface area is 108 Å². The number of benzene rings is 1. The van der Waals surface area contributed by atoms with Gasteiger partial charge in [0.05, 0.1) is 12.7 Å². The molecule has 1 atom stereocenters. The van der Waals surface area contributed by atoms with Gasteiger partial charge in [0.15, 0.2) is 6.29 Å². The molecule has 0 fully saturated rings. The third-order valence-electron chi connectivity index (χ3n) is 2.99. The van der Waals surface area contributed by atoms with E-state index in [1.54, 1.807) is 14.2 Å². The maximum Gasteiger partial charge on any atom is 0.154 e. The van der Waals surface area contributed by atoms with Crippen molar-refractivity contribution in [2.45, 2.75) is 25.8 Å². The summed E-state index contributed by atoms with van der Waals surface area (Å²) in [5, 5.41) is 0. The Morgan fingerprint density at radius 3 is 2.56 bits per heavy atom. The minimum absolute atomic E-state index is 0.149. The third-order valence-corrected chi connectivity index (χ3v) is 2.99. The lowest BCUT2D eigenvalue weighted by Crippen LogP contribution is -2.19. The summed E-state index contributed by atoms with van der Waals surface area (Å²) >= 11 is 0. The van der Waals surface area contributed by atoms with Crippen LogP contribution in [0.3, 0.4) is 0 Å². The highest BCUT2D eigenvalue weighted by atomic mass is 16.5. The van der Waals surface area contributed by atoms with Gasteiger partial charge < -0.3 is 15.2 Å². The van der Waals surface area contributed by atoms with Gasteiger partial charge in [-0.2, -0.15) is 0 Å². The van der Waals surface area contributed by atoms with Gasteiger partial charge in [0.1, 0.15) is 5.75 Å². The van der Waals surface area contributed by atoms with Crippen molar-refractivity contribution in [2.75, 3.05) is 20.8 Å². The van der Waals surface area contributed by atoms with E-state index in [9.17, 15) is 4.79 Å². The van der Waals surface area contributed by atoms with E-state index < -0.39 is 0 Å². The molecule has 4 heteroatoms. The normalized spacial score (nSPS) is 16.6. The van der Waals surface area contributed by atoms with Crippen LogP contribution in [0.25, 0.3) is 0 Å². The van der Waals surface area contributed by atoms with Gasteiger partial charge in [0, 0.05) is 19.8 Å². The molecular formula is C14H21NO3. The van der Waals surface area contributed by atoms with E-state index >= 15 is 0 Å². The molecule has 0 bridgehead atoms. The molecule has 0 aliphatic heterocycles. The summed E-state index contributed by atoms with van der Waals surface area (Å²) in [6.07, 6.45) is 2.50. The molecule has 1 aliphatic rings. The Kier molecular flexibility index (Phi) is 5.82. The van der Waals surface area contributed by atoms with Gasteiger partial charge in [-0.1, -0.05) is 6.07 Å². The smallest absolute Gasteiger partial charge is 0.154 e. The van der Waals surface area contributed by atoms with Crippen LogP contribution in [0.2, 0.25) is 0 Å². The summed E-state index contributed by atoms with van der Waals surface area (Å²) in [7, 11) is 3.25. The predicted octanol–water partition coefficient (Wildman–Crippen LogP) is 1.59. The van der Waals surface area contributed by atoms with Crippen molar-refractivity contribution in [2.24, 2.45) is 5.73 Å². The summed E-state index contributed by atoms with van der Waals surface area (Å²) in [5.41, 5.74) is 8.75. The fraction of sp³-hybridized carbons (Fsp3) is 0.500. The van der Waals surface area contributed by atoms with Crippen molar-refractivity contribution in [3.8, 4) is 5.75 Å². The number of aldehydes is 1. The Morgan fingerprint density at radius 1 is 1.39 bits per heavy atom. The van der Waals surface area contributed by atoms with E-state index in [1.807, 2.05) is 19.1 Å². The zero-order valence-corrected chi connectivity index (χ0v) is 11.2. The molecular weight excluding hydrogens is 230 g/mol. The second-order valence-electron chi connectivity index (χ2n) is 4.18. The van der Waals surface area contributed by atoms with Gasteiger partial charge in [0.2, 0.25) is 0 Å². The van der Waals surface area contributed by atoms with E-state index in [-0.39, 0.29) is 6.04 Å². The van der Waals surface area contributed by atoms with Crippen molar-refractivity contribution >= 4 is 6.29 Å². The topological polar surface area (TPSA) is 61.5 Å². The van der Waals surface area contributed by atoms with Crippen LogP contribution >= 0.6 is 0 Å². The van der Waals surface area contributed by atoms with E-state index in [4.69, 9.17) is 10.5 Å². The molecule has 0 aromatic heterocycles. The Hall–Kier alpha value is -1.39. The number of carbonyl (C=O) groups excluding carboxylic acids is 1. The lowest BCUT2D eigenvalue weighted by atomic mass is 10.0. The first kappa shape index (κ1) is 14.7. The van der Waals surface area contributed by atoms with Crippen molar-refractivity contribution in [3.05, 3.63) is 28.8 Å². The molecule has 0 amide bonds. The van der Waals surface area contributed by atoms with E-state index in [1.165, 1.54) is 5.56 Å². The van der Waals surface area contributed by atoms with Crippen LogP contribution in [0.15, 0.2) is 12.1 Å². The molecule has 2 rings (SSSR count). The maximum atomic E-state index is 10.9. The summed E-state index contributed by atoms with van der Waals surface area (Å²) in [6, 6.07) is 3.98. The van der Waals surface area contributed by atoms with Gasteiger partial charge in [-0.05, 0) is 37.0 Å². The largest absolute Gasteiger partial charge is 0.496 e. The standard InChI is InChI=1S/C11H13NO2.C3H8O/c1-14-11-3-2-7-4-8(12)5-9(7)10(11)6-13;1-3-4-2/h2-3,6,8H,4-5,12H2,1H3;3H2,1-2H3. The number of fused-ring (bicyclic) bond motifs is 1. The van der Waals surface area contributed by atoms with Crippen LogP contribution < -0.4 is 10.5 Å². The highest BCUT2D eigenvalue weighted by molar-refractivity contribution is 5.83. The molecule has 0 radical (unpaired) electrons. The Balaban J connectivity index is 0.000000357. The quantitative estimate of drug-likeness (QED) is 0.829. The number of hydrogen-bond donors (Lipinski definition) is 1. The van der Waals surface area contributed by atoms with Gasteiger partial charge in [-0.15, -0.1) is 0 Å². The summed E-state index contributed by atoms with van der Waals surface area (Å²) in [6.45, 7) is 2.78. The van der Waals surface area contributed by atoms with Gasteiger partial charge in [-0.25, -0.2) is 0 Å². The maximum absolute atomic E-state index is 10.9. The van der Waals surface area contributed by atoms with Crippen molar-refractivity contribution in [1.29, 1.82) is 0 Å². The summed E-state index contributed by atoms with van der Waals surface area (Å²) in [5.74, 6) is 0.646. The number of hydrogen-bond acceptors (Lipinski definition) is 4. The van der Waals surface area contributed by atoms with Gasteiger partial charge >= 0.3 is 0 Å². The monoisotopic (exact) mass is 251 g/mol.